The van der Waals surface area contributed by atoms with Crippen molar-refractivity contribution in [3.05, 3.63) is 17.0 Å². The van der Waals surface area contributed by atoms with Crippen LogP contribution in [-0.2, 0) is 4.79 Å². The summed E-state index contributed by atoms with van der Waals surface area (Å²) in [5.74, 6) is 0.126. The first-order chi connectivity index (χ1) is 7.37. The Morgan fingerprint density at radius 2 is 2.19 bits per heavy atom. The van der Waals surface area contributed by atoms with E-state index in [1.807, 2.05) is 39.3 Å². The van der Waals surface area contributed by atoms with Gasteiger partial charge in [-0.15, -0.1) is 11.3 Å². The molecule has 0 radical (unpaired) electrons. The molecular formula is C12H20N2OS. The summed E-state index contributed by atoms with van der Waals surface area (Å²) in [6.45, 7) is 6.57. The molecule has 2 N–H and O–H groups in total. The van der Waals surface area contributed by atoms with Gasteiger partial charge in [0.25, 0.3) is 0 Å². The largest absolute Gasteiger partial charge is 0.330 e. The van der Waals surface area contributed by atoms with E-state index in [2.05, 4.69) is 0 Å². The lowest BCUT2D eigenvalue weighted by Gasteiger charge is -2.25. The fourth-order valence-corrected chi connectivity index (χ4v) is 2.34. The van der Waals surface area contributed by atoms with Crippen molar-refractivity contribution in [2.75, 3.05) is 18.5 Å². The summed E-state index contributed by atoms with van der Waals surface area (Å²) < 4.78 is 0. The van der Waals surface area contributed by atoms with E-state index in [-0.39, 0.29) is 11.3 Å². The molecule has 0 spiro atoms. The van der Waals surface area contributed by atoms with Gasteiger partial charge in [0.1, 0.15) is 5.00 Å². The lowest BCUT2D eigenvalue weighted by atomic mass is 9.89. The summed E-state index contributed by atoms with van der Waals surface area (Å²) in [4.78, 5) is 13.8. The summed E-state index contributed by atoms with van der Waals surface area (Å²) in [6, 6.07) is 2.03. The number of hydrogen-bond donors (Lipinski definition) is 1. The Kier molecular flexibility index (Phi) is 4.10. The van der Waals surface area contributed by atoms with Crippen molar-refractivity contribution < 1.29 is 4.79 Å². The van der Waals surface area contributed by atoms with Gasteiger partial charge in [0, 0.05) is 13.5 Å². The molecule has 0 aromatic carbocycles. The normalized spacial score (nSPS) is 11.6. The van der Waals surface area contributed by atoms with Crippen molar-refractivity contribution in [2.24, 2.45) is 11.1 Å². The van der Waals surface area contributed by atoms with E-state index in [0.29, 0.717) is 13.0 Å². The third-order valence-electron chi connectivity index (χ3n) is 2.70. The highest BCUT2D eigenvalue weighted by Gasteiger charge is 2.23. The molecule has 0 fully saturated rings. The molecule has 1 amide bonds. The molecule has 0 atom stereocenters. The molecule has 90 valence electrons. The van der Waals surface area contributed by atoms with Crippen molar-refractivity contribution in [3.63, 3.8) is 0 Å². The average molecular weight is 240 g/mol. The number of nitrogens with two attached hydrogens (primary N) is 1. The predicted octanol–water partition coefficient (Wildman–Crippen LogP) is 2.39. The first kappa shape index (κ1) is 13.2. The van der Waals surface area contributed by atoms with Crippen LogP contribution in [0.4, 0.5) is 5.00 Å². The van der Waals surface area contributed by atoms with Crippen LogP contribution >= 0.6 is 11.3 Å². The number of hydrogen-bond acceptors (Lipinski definition) is 3. The summed E-state index contributed by atoms with van der Waals surface area (Å²) in [5, 5.41) is 3.03. The van der Waals surface area contributed by atoms with Gasteiger partial charge in [-0.25, -0.2) is 0 Å². The van der Waals surface area contributed by atoms with Gasteiger partial charge in [0.15, 0.2) is 0 Å². The van der Waals surface area contributed by atoms with Crippen LogP contribution in [0.25, 0.3) is 0 Å². The molecule has 1 heterocycles. The van der Waals surface area contributed by atoms with Crippen molar-refractivity contribution in [1.29, 1.82) is 0 Å². The monoisotopic (exact) mass is 240 g/mol. The van der Waals surface area contributed by atoms with E-state index >= 15 is 0 Å². The molecule has 0 unspecified atom stereocenters. The molecule has 1 rings (SSSR count). The quantitative estimate of drug-likeness (QED) is 0.878. The maximum atomic E-state index is 12.0. The van der Waals surface area contributed by atoms with Crippen LogP contribution in [0.3, 0.4) is 0 Å². The number of carbonyl (C=O) groups excluding carboxylic acids is 1. The van der Waals surface area contributed by atoms with E-state index < -0.39 is 0 Å². The highest BCUT2D eigenvalue weighted by atomic mass is 32.1. The van der Waals surface area contributed by atoms with Gasteiger partial charge in [-0.05, 0) is 35.9 Å². The SMILES string of the molecule is Cc1ccsc1N(C)C(=O)CC(C)(C)CN. The van der Waals surface area contributed by atoms with Gasteiger partial charge in [-0.2, -0.15) is 0 Å². The van der Waals surface area contributed by atoms with Crippen molar-refractivity contribution in [2.45, 2.75) is 27.2 Å². The minimum absolute atomic E-state index is 0.126. The Hall–Kier alpha value is -0.870. The second kappa shape index (κ2) is 4.97. The van der Waals surface area contributed by atoms with Gasteiger partial charge in [0.2, 0.25) is 5.91 Å². The number of thiophene rings is 1. The third-order valence-corrected chi connectivity index (χ3v) is 3.79. The average Bonchev–Trinajstić information content (AvgIpc) is 2.62. The zero-order valence-corrected chi connectivity index (χ0v) is 11.2. The number of rotatable bonds is 4. The Morgan fingerprint density at radius 3 is 2.62 bits per heavy atom. The van der Waals surface area contributed by atoms with Gasteiger partial charge >= 0.3 is 0 Å². The highest BCUT2D eigenvalue weighted by molar-refractivity contribution is 7.14. The van der Waals surface area contributed by atoms with Crippen LogP contribution in [-0.4, -0.2) is 19.5 Å². The van der Waals surface area contributed by atoms with E-state index in [0.717, 1.165) is 10.6 Å². The van der Waals surface area contributed by atoms with E-state index in [1.54, 1.807) is 16.2 Å². The maximum absolute atomic E-state index is 12.0. The summed E-state index contributed by atoms with van der Waals surface area (Å²) >= 11 is 1.59. The summed E-state index contributed by atoms with van der Waals surface area (Å²) in [7, 11) is 1.83. The van der Waals surface area contributed by atoms with Gasteiger partial charge in [-0.1, -0.05) is 13.8 Å². The molecule has 0 aliphatic rings. The molecule has 0 aliphatic heterocycles. The summed E-state index contributed by atoms with van der Waals surface area (Å²) in [5.41, 5.74) is 6.65. The van der Waals surface area contributed by atoms with E-state index in [1.165, 1.54) is 0 Å². The molecule has 16 heavy (non-hydrogen) atoms. The first-order valence-corrected chi connectivity index (χ1v) is 6.26. The number of nitrogens with zero attached hydrogens (tertiary/aromatic N) is 1. The predicted molar refractivity (Wildman–Crippen MR) is 69.9 cm³/mol. The minimum Gasteiger partial charge on any atom is -0.330 e. The molecule has 0 saturated carbocycles. The molecule has 3 nitrogen and oxygen atoms in total. The fourth-order valence-electron chi connectivity index (χ4n) is 1.42. The van der Waals surface area contributed by atoms with Crippen LogP contribution in [0.5, 0.6) is 0 Å². The van der Waals surface area contributed by atoms with Crippen molar-refractivity contribution >= 4 is 22.2 Å². The van der Waals surface area contributed by atoms with Crippen LogP contribution < -0.4 is 10.6 Å². The van der Waals surface area contributed by atoms with E-state index in [4.69, 9.17) is 5.73 Å². The highest BCUT2D eigenvalue weighted by Crippen LogP contribution is 2.28. The van der Waals surface area contributed by atoms with Gasteiger partial charge in [-0.3, -0.25) is 4.79 Å². The molecule has 1 aromatic heterocycles. The van der Waals surface area contributed by atoms with Gasteiger partial charge < -0.3 is 10.6 Å². The Balaban J connectivity index is 2.73. The van der Waals surface area contributed by atoms with Gasteiger partial charge in [0.05, 0.1) is 0 Å². The Labute approximate surface area is 101 Å². The third kappa shape index (κ3) is 3.06. The maximum Gasteiger partial charge on any atom is 0.227 e. The number of anilines is 1. The number of aryl methyl sites for hydroxylation is 1. The Bertz CT molecular complexity index is 371. The molecule has 0 saturated heterocycles. The smallest absolute Gasteiger partial charge is 0.227 e. The van der Waals surface area contributed by atoms with Crippen molar-refractivity contribution in [1.82, 2.24) is 0 Å². The topological polar surface area (TPSA) is 46.3 Å². The van der Waals surface area contributed by atoms with Crippen molar-refractivity contribution in [3.8, 4) is 0 Å². The molecular weight excluding hydrogens is 220 g/mol. The summed E-state index contributed by atoms with van der Waals surface area (Å²) in [6.07, 6.45) is 0.483. The minimum atomic E-state index is -0.128. The zero-order valence-electron chi connectivity index (χ0n) is 10.4. The lowest BCUT2D eigenvalue weighted by molar-refractivity contribution is -0.120. The molecule has 1 aromatic rings. The standard InChI is InChI=1S/C12H20N2OS/c1-9-5-6-16-11(9)14(4)10(15)7-12(2,3)8-13/h5-6H,7-8,13H2,1-4H3. The zero-order chi connectivity index (χ0) is 12.3. The van der Waals surface area contributed by atoms with E-state index in [9.17, 15) is 4.79 Å². The lowest BCUT2D eigenvalue weighted by Crippen LogP contribution is -2.34. The number of carbonyl (C=O) groups is 1. The first-order valence-electron chi connectivity index (χ1n) is 5.38. The van der Waals surface area contributed by atoms with Crippen LogP contribution in [0.2, 0.25) is 0 Å². The van der Waals surface area contributed by atoms with Crippen LogP contribution in [0.1, 0.15) is 25.8 Å². The van der Waals surface area contributed by atoms with Crippen LogP contribution in [0.15, 0.2) is 11.4 Å². The number of amides is 1. The molecule has 0 bridgehead atoms. The van der Waals surface area contributed by atoms with Crippen LogP contribution in [0, 0.1) is 12.3 Å². The fraction of sp³-hybridized carbons (Fsp3) is 0.583. The second-order valence-corrected chi connectivity index (χ2v) is 5.80. The molecule has 4 heteroatoms. The second-order valence-electron chi connectivity index (χ2n) is 4.91. The Morgan fingerprint density at radius 1 is 1.56 bits per heavy atom. The molecule has 0 aliphatic carbocycles.